The van der Waals surface area contributed by atoms with Gasteiger partial charge in [-0.25, -0.2) is 0 Å². The molecule has 0 bridgehead atoms. The van der Waals surface area contributed by atoms with Crippen molar-refractivity contribution in [1.29, 1.82) is 0 Å². The van der Waals surface area contributed by atoms with Crippen molar-refractivity contribution in [3.8, 4) is 11.5 Å². The van der Waals surface area contributed by atoms with Gasteiger partial charge in [0.25, 0.3) is 0 Å². The summed E-state index contributed by atoms with van der Waals surface area (Å²) in [4.78, 5) is 25.2. The molecule has 0 heterocycles. The standard InChI is InChI=1S/C25H23ClO4/c1-2-30-20-12-13-22(23(28)16-20)25(29)24(18-8-10-19(26)11-9-18)21(14-15-27)17-6-4-3-5-7-17/h3-13,15-16,21,24,28H,2,14H2,1H3/t21-,24?/m0/s1. The van der Waals surface area contributed by atoms with Crippen LogP contribution in [0.25, 0.3) is 0 Å². The van der Waals surface area contributed by atoms with Crippen LogP contribution in [0.5, 0.6) is 11.5 Å². The number of phenolic OH excluding ortho intramolecular Hbond substituents is 1. The fraction of sp³-hybridized carbons (Fsp3) is 0.200. The number of aldehydes is 1. The van der Waals surface area contributed by atoms with E-state index in [1.165, 1.54) is 6.07 Å². The lowest BCUT2D eigenvalue weighted by atomic mass is 9.75. The number of halogens is 1. The lowest BCUT2D eigenvalue weighted by Crippen LogP contribution is -2.22. The third kappa shape index (κ3) is 4.89. The maximum atomic E-state index is 13.7. The monoisotopic (exact) mass is 422 g/mol. The highest BCUT2D eigenvalue weighted by Crippen LogP contribution is 2.40. The molecule has 0 spiro atoms. The van der Waals surface area contributed by atoms with Gasteiger partial charge in [0, 0.05) is 23.4 Å². The molecule has 4 nitrogen and oxygen atoms in total. The van der Waals surface area contributed by atoms with Crippen LogP contribution in [0.4, 0.5) is 0 Å². The maximum absolute atomic E-state index is 13.7. The van der Waals surface area contributed by atoms with Crippen molar-refractivity contribution in [3.05, 3.63) is 94.5 Å². The number of ether oxygens (including phenoxy) is 1. The quantitative estimate of drug-likeness (QED) is 0.350. The predicted octanol–water partition coefficient (Wildman–Crippen LogP) is 5.78. The van der Waals surface area contributed by atoms with Gasteiger partial charge in [-0.3, -0.25) is 4.79 Å². The SMILES string of the molecule is CCOc1ccc(C(=O)C(c2ccc(Cl)cc2)[C@@H](CC=O)c2ccccc2)c(O)c1. The van der Waals surface area contributed by atoms with E-state index in [0.29, 0.717) is 17.4 Å². The number of hydrogen-bond donors (Lipinski definition) is 1. The van der Waals surface area contributed by atoms with E-state index >= 15 is 0 Å². The number of benzene rings is 3. The molecule has 0 aliphatic carbocycles. The van der Waals surface area contributed by atoms with E-state index in [1.807, 2.05) is 37.3 Å². The molecule has 1 N–H and O–H groups in total. The Balaban J connectivity index is 2.10. The highest BCUT2D eigenvalue weighted by atomic mass is 35.5. The fourth-order valence-electron chi connectivity index (χ4n) is 3.65. The maximum Gasteiger partial charge on any atom is 0.174 e. The molecule has 30 heavy (non-hydrogen) atoms. The van der Waals surface area contributed by atoms with Crippen molar-refractivity contribution in [2.24, 2.45) is 0 Å². The minimum Gasteiger partial charge on any atom is -0.507 e. The van der Waals surface area contributed by atoms with Gasteiger partial charge in [0.15, 0.2) is 5.78 Å². The summed E-state index contributed by atoms with van der Waals surface area (Å²) in [5.74, 6) is -0.986. The van der Waals surface area contributed by atoms with E-state index in [9.17, 15) is 14.7 Å². The van der Waals surface area contributed by atoms with E-state index < -0.39 is 5.92 Å². The Morgan fingerprint density at radius 3 is 2.33 bits per heavy atom. The smallest absolute Gasteiger partial charge is 0.174 e. The first-order valence-electron chi connectivity index (χ1n) is 9.79. The summed E-state index contributed by atoms with van der Waals surface area (Å²) < 4.78 is 5.40. The molecule has 154 valence electrons. The largest absolute Gasteiger partial charge is 0.507 e. The van der Waals surface area contributed by atoms with E-state index in [2.05, 4.69) is 0 Å². The Kier molecular flexibility index (Phi) is 7.26. The summed E-state index contributed by atoms with van der Waals surface area (Å²) in [6.45, 7) is 2.30. The van der Waals surface area contributed by atoms with Gasteiger partial charge in [-0.05, 0) is 42.3 Å². The molecule has 2 atom stereocenters. The number of carbonyl (C=O) groups is 2. The molecule has 3 aromatic carbocycles. The minimum absolute atomic E-state index is 0.150. The number of hydrogen-bond acceptors (Lipinski definition) is 4. The average molecular weight is 423 g/mol. The van der Waals surface area contributed by atoms with Crippen molar-refractivity contribution in [3.63, 3.8) is 0 Å². The van der Waals surface area contributed by atoms with Crippen LogP contribution < -0.4 is 4.74 Å². The summed E-state index contributed by atoms with van der Waals surface area (Å²) in [6, 6.07) is 21.1. The Bertz CT molecular complexity index is 999. The van der Waals surface area contributed by atoms with Gasteiger partial charge in [0.05, 0.1) is 18.1 Å². The van der Waals surface area contributed by atoms with Gasteiger partial charge in [0.2, 0.25) is 0 Å². The van der Waals surface area contributed by atoms with Crippen LogP contribution in [-0.2, 0) is 4.79 Å². The lowest BCUT2D eigenvalue weighted by molar-refractivity contribution is -0.108. The van der Waals surface area contributed by atoms with Crippen LogP contribution in [0.15, 0.2) is 72.8 Å². The number of ketones is 1. The molecule has 3 aromatic rings. The highest BCUT2D eigenvalue weighted by molar-refractivity contribution is 6.30. The highest BCUT2D eigenvalue weighted by Gasteiger charge is 2.33. The Morgan fingerprint density at radius 2 is 1.73 bits per heavy atom. The van der Waals surface area contributed by atoms with Crippen molar-refractivity contribution < 1.29 is 19.4 Å². The first-order chi connectivity index (χ1) is 14.5. The second-order valence-electron chi connectivity index (χ2n) is 6.92. The Morgan fingerprint density at radius 1 is 1.03 bits per heavy atom. The molecule has 0 saturated carbocycles. The molecular weight excluding hydrogens is 400 g/mol. The third-order valence-corrected chi connectivity index (χ3v) is 5.29. The van der Waals surface area contributed by atoms with Crippen molar-refractivity contribution in [2.75, 3.05) is 6.61 Å². The molecule has 0 saturated heterocycles. The molecule has 3 rings (SSSR count). The van der Waals surface area contributed by atoms with Crippen molar-refractivity contribution in [2.45, 2.75) is 25.2 Å². The van der Waals surface area contributed by atoms with Crippen LogP contribution in [-0.4, -0.2) is 23.8 Å². The van der Waals surface area contributed by atoms with Crippen LogP contribution in [0, 0.1) is 0 Å². The number of carbonyl (C=O) groups excluding carboxylic acids is 2. The second-order valence-corrected chi connectivity index (χ2v) is 7.36. The third-order valence-electron chi connectivity index (χ3n) is 5.04. The van der Waals surface area contributed by atoms with Crippen LogP contribution >= 0.6 is 11.6 Å². The average Bonchev–Trinajstić information content (AvgIpc) is 2.75. The zero-order chi connectivity index (χ0) is 21.5. The van der Waals surface area contributed by atoms with E-state index in [-0.39, 0.29) is 29.4 Å². The first kappa shape index (κ1) is 21.6. The van der Waals surface area contributed by atoms with E-state index in [0.717, 1.165) is 17.4 Å². The molecule has 1 unspecified atom stereocenters. The Hall–Kier alpha value is -3.11. The topological polar surface area (TPSA) is 63.6 Å². The van der Waals surface area contributed by atoms with Gasteiger partial charge in [0.1, 0.15) is 17.8 Å². The summed E-state index contributed by atoms with van der Waals surface area (Å²) in [6.07, 6.45) is 0.993. The molecule has 0 fully saturated rings. The molecule has 0 amide bonds. The zero-order valence-electron chi connectivity index (χ0n) is 16.6. The molecule has 0 radical (unpaired) electrons. The normalized spacial score (nSPS) is 12.7. The lowest BCUT2D eigenvalue weighted by Gasteiger charge is -2.26. The van der Waals surface area contributed by atoms with Gasteiger partial charge < -0.3 is 14.6 Å². The molecule has 0 aliphatic heterocycles. The zero-order valence-corrected chi connectivity index (χ0v) is 17.4. The molecule has 0 aliphatic rings. The van der Waals surface area contributed by atoms with Crippen LogP contribution in [0.3, 0.4) is 0 Å². The van der Waals surface area contributed by atoms with Crippen molar-refractivity contribution in [1.82, 2.24) is 0 Å². The summed E-state index contributed by atoms with van der Waals surface area (Å²) in [5.41, 5.74) is 1.79. The summed E-state index contributed by atoms with van der Waals surface area (Å²) >= 11 is 6.05. The minimum atomic E-state index is -0.668. The summed E-state index contributed by atoms with van der Waals surface area (Å²) in [7, 11) is 0. The Labute approximate surface area is 181 Å². The number of aromatic hydroxyl groups is 1. The van der Waals surface area contributed by atoms with Gasteiger partial charge in [-0.1, -0.05) is 54.1 Å². The van der Waals surface area contributed by atoms with Crippen LogP contribution in [0.1, 0.15) is 46.7 Å². The van der Waals surface area contributed by atoms with E-state index in [4.69, 9.17) is 16.3 Å². The van der Waals surface area contributed by atoms with Gasteiger partial charge >= 0.3 is 0 Å². The first-order valence-corrected chi connectivity index (χ1v) is 10.2. The molecule has 0 aromatic heterocycles. The molecule has 5 heteroatoms. The van der Waals surface area contributed by atoms with Gasteiger partial charge in [-0.2, -0.15) is 0 Å². The second kappa shape index (κ2) is 10.1. The summed E-state index contributed by atoms with van der Waals surface area (Å²) in [5, 5.41) is 11.1. The van der Waals surface area contributed by atoms with Crippen molar-refractivity contribution >= 4 is 23.7 Å². The van der Waals surface area contributed by atoms with E-state index in [1.54, 1.807) is 36.4 Å². The molecular formula is C25H23ClO4. The fourth-order valence-corrected chi connectivity index (χ4v) is 3.77. The van der Waals surface area contributed by atoms with Crippen LogP contribution in [0.2, 0.25) is 5.02 Å². The number of rotatable bonds is 9. The number of Topliss-reactive ketones (excluding diaryl/α,β-unsaturated/α-hetero) is 1. The van der Waals surface area contributed by atoms with Gasteiger partial charge in [-0.15, -0.1) is 0 Å². The predicted molar refractivity (Wildman–Crippen MR) is 118 cm³/mol. The number of phenols is 1.